The summed E-state index contributed by atoms with van der Waals surface area (Å²) < 4.78 is 5.05. The number of phenols is 1. The highest BCUT2D eigenvalue weighted by Gasteiger charge is 2.17. The molecule has 0 amide bonds. The van der Waals surface area contributed by atoms with Gasteiger partial charge in [0.25, 0.3) is 0 Å². The smallest absolute Gasteiger partial charge is 0.163 e. The van der Waals surface area contributed by atoms with Crippen LogP contribution in [0.1, 0.15) is 28.4 Å². The molecule has 1 rings (SSSR count). The van der Waals surface area contributed by atoms with E-state index in [-0.39, 0.29) is 29.3 Å². The molecule has 0 spiro atoms. The summed E-state index contributed by atoms with van der Waals surface area (Å²) in [6.07, 6.45) is 0. The van der Waals surface area contributed by atoms with Crippen molar-refractivity contribution >= 4 is 5.78 Å². The van der Waals surface area contributed by atoms with Gasteiger partial charge in [0.2, 0.25) is 0 Å². The number of hydrogen-bond donors (Lipinski definition) is 2. The van der Waals surface area contributed by atoms with E-state index in [0.29, 0.717) is 11.3 Å². The molecular weight excluding hydrogens is 196 g/mol. The molecule has 0 saturated heterocycles. The predicted molar refractivity (Wildman–Crippen MR) is 55.3 cm³/mol. The number of ketones is 1. The van der Waals surface area contributed by atoms with Gasteiger partial charge < -0.3 is 14.9 Å². The Kier molecular flexibility index (Phi) is 3.31. The lowest BCUT2D eigenvalue weighted by atomic mass is 10.0. The van der Waals surface area contributed by atoms with Crippen LogP contribution in [0.25, 0.3) is 0 Å². The Morgan fingerprint density at radius 2 is 2.13 bits per heavy atom. The molecule has 2 N–H and O–H groups in total. The van der Waals surface area contributed by atoms with E-state index in [1.165, 1.54) is 14.0 Å². The number of rotatable bonds is 3. The second-order valence-electron chi connectivity index (χ2n) is 3.32. The monoisotopic (exact) mass is 210 g/mol. The molecule has 1 aromatic rings. The highest BCUT2D eigenvalue weighted by Crippen LogP contribution is 2.34. The maximum atomic E-state index is 11.2. The minimum atomic E-state index is -0.364. The van der Waals surface area contributed by atoms with E-state index in [4.69, 9.17) is 9.84 Å². The number of aryl methyl sites for hydroxylation is 1. The van der Waals surface area contributed by atoms with E-state index < -0.39 is 0 Å². The van der Waals surface area contributed by atoms with Crippen LogP contribution in [-0.2, 0) is 6.61 Å². The third kappa shape index (κ3) is 1.94. The third-order valence-electron chi connectivity index (χ3n) is 2.28. The molecule has 0 fully saturated rings. The number of methoxy groups -OCH3 is 1. The van der Waals surface area contributed by atoms with Crippen molar-refractivity contribution in [2.75, 3.05) is 7.11 Å². The zero-order valence-corrected chi connectivity index (χ0v) is 9.00. The van der Waals surface area contributed by atoms with Gasteiger partial charge in [-0.25, -0.2) is 0 Å². The lowest BCUT2D eigenvalue weighted by molar-refractivity contribution is 0.101. The van der Waals surface area contributed by atoms with Crippen LogP contribution >= 0.6 is 0 Å². The minimum absolute atomic E-state index is 0.201. The summed E-state index contributed by atoms with van der Waals surface area (Å²) in [5.41, 5.74) is 1.17. The van der Waals surface area contributed by atoms with Gasteiger partial charge in [0, 0.05) is 0 Å². The summed E-state index contributed by atoms with van der Waals surface area (Å²) in [5, 5.41) is 18.8. The van der Waals surface area contributed by atoms with Crippen molar-refractivity contribution in [3.8, 4) is 11.5 Å². The van der Waals surface area contributed by atoms with Crippen LogP contribution in [0.3, 0.4) is 0 Å². The Morgan fingerprint density at radius 3 is 2.53 bits per heavy atom. The van der Waals surface area contributed by atoms with Gasteiger partial charge in [-0.15, -0.1) is 0 Å². The molecule has 0 unspecified atom stereocenters. The molecule has 0 aliphatic rings. The van der Waals surface area contributed by atoms with Gasteiger partial charge in [-0.1, -0.05) is 0 Å². The van der Waals surface area contributed by atoms with Crippen LogP contribution in [-0.4, -0.2) is 23.1 Å². The van der Waals surface area contributed by atoms with E-state index in [0.717, 1.165) is 0 Å². The molecule has 4 nitrogen and oxygen atoms in total. The predicted octanol–water partition coefficient (Wildman–Crippen LogP) is 1.40. The van der Waals surface area contributed by atoms with Gasteiger partial charge in [0.1, 0.15) is 11.5 Å². The Morgan fingerprint density at radius 1 is 1.53 bits per heavy atom. The van der Waals surface area contributed by atoms with E-state index in [1.807, 2.05) is 0 Å². The van der Waals surface area contributed by atoms with Crippen molar-refractivity contribution in [2.24, 2.45) is 0 Å². The summed E-state index contributed by atoms with van der Waals surface area (Å²) in [4.78, 5) is 11.2. The van der Waals surface area contributed by atoms with Crippen LogP contribution in [0.5, 0.6) is 11.5 Å². The molecule has 4 heteroatoms. The second kappa shape index (κ2) is 4.31. The van der Waals surface area contributed by atoms with Crippen molar-refractivity contribution in [3.63, 3.8) is 0 Å². The first kappa shape index (κ1) is 11.5. The van der Waals surface area contributed by atoms with Crippen molar-refractivity contribution in [1.29, 1.82) is 0 Å². The molecule has 0 aliphatic heterocycles. The molecule has 82 valence electrons. The zero-order chi connectivity index (χ0) is 11.6. The van der Waals surface area contributed by atoms with Crippen LogP contribution < -0.4 is 4.74 Å². The highest BCUT2D eigenvalue weighted by molar-refractivity contribution is 5.97. The SMILES string of the molecule is COc1c(C)cc(C(C)=O)c(O)c1CO. The molecule has 1 aromatic carbocycles. The average molecular weight is 210 g/mol. The fourth-order valence-electron chi connectivity index (χ4n) is 1.56. The Labute approximate surface area is 88.1 Å². The van der Waals surface area contributed by atoms with Crippen LogP contribution in [0.2, 0.25) is 0 Å². The lowest BCUT2D eigenvalue weighted by Crippen LogP contribution is -2.01. The number of carbonyl (C=O) groups is 1. The maximum absolute atomic E-state index is 11.2. The third-order valence-corrected chi connectivity index (χ3v) is 2.28. The quantitative estimate of drug-likeness (QED) is 0.740. The van der Waals surface area contributed by atoms with Crippen LogP contribution in [0.15, 0.2) is 6.07 Å². The highest BCUT2D eigenvalue weighted by atomic mass is 16.5. The molecule has 0 aromatic heterocycles. The number of aliphatic hydroxyl groups excluding tert-OH is 1. The van der Waals surface area contributed by atoms with E-state index in [2.05, 4.69) is 0 Å². The number of aromatic hydroxyl groups is 1. The fourth-order valence-corrected chi connectivity index (χ4v) is 1.56. The second-order valence-corrected chi connectivity index (χ2v) is 3.32. The van der Waals surface area contributed by atoms with Crippen molar-refractivity contribution in [3.05, 3.63) is 22.8 Å². The summed E-state index contributed by atoms with van der Waals surface area (Å²) in [6.45, 7) is 2.75. The molecular formula is C11H14O4. The van der Waals surface area contributed by atoms with Gasteiger partial charge in [0.15, 0.2) is 5.78 Å². The Balaban J connectivity index is 3.51. The largest absolute Gasteiger partial charge is 0.507 e. The summed E-state index contributed by atoms with van der Waals surface area (Å²) in [5.74, 6) is -0.0274. The molecule has 0 bridgehead atoms. The average Bonchev–Trinajstić information content (AvgIpc) is 2.19. The number of Topliss-reactive ketones (excluding diaryl/α,β-unsaturated/α-hetero) is 1. The van der Waals surface area contributed by atoms with Crippen molar-refractivity contribution in [2.45, 2.75) is 20.5 Å². The molecule has 0 atom stereocenters. The zero-order valence-electron chi connectivity index (χ0n) is 9.00. The van der Waals surface area contributed by atoms with Gasteiger partial charge in [0.05, 0.1) is 24.8 Å². The molecule has 15 heavy (non-hydrogen) atoms. The lowest BCUT2D eigenvalue weighted by Gasteiger charge is -2.13. The number of hydrogen-bond acceptors (Lipinski definition) is 4. The first-order valence-corrected chi connectivity index (χ1v) is 4.54. The standard InChI is InChI=1S/C11H14O4/c1-6-4-8(7(2)13)10(14)9(5-12)11(6)15-3/h4,12,14H,5H2,1-3H3. The molecule has 0 aliphatic carbocycles. The van der Waals surface area contributed by atoms with Crippen LogP contribution in [0.4, 0.5) is 0 Å². The Bertz CT molecular complexity index is 396. The summed E-state index contributed by atoms with van der Waals surface area (Å²) in [7, 11) is 1.45. The van der Waals surface area contributed by atoms with Gasteiger partial charge in [-0.2, -0.15) is 0 Å². The summed E-state index contributed by atoms with van der Waals surface area (Å²) in [6, 6.07) is 1.55. The number of benzene rings is 1. The molecule has 0 saturated carbocycles. The van der Waals surface area contributed by atoms with E-state index in [1.54, 1.807) is 13.0 Å². The Hall–Kier alpha value is -1.55. The van der Waals surface area contributed by atoms with Crippen molar-refractivity contribution < 1.29 is 19.7 Å². The van der Waals surface area contributed by atoms with E-state index in [9.17, 15) is 9.90 Å². The van der Waals surface area contributed by atoms with Crippen LogP contribution in [0, 0.1) is 6.92 Å². The molecule has 0 heterocycles. The van der Waals surface area contributed by atoms with Crippen molar-refractivity contribution in [1.82, 2.24) is 0 Å². The van der Waals surface area contributed by atoms with Gasteiger partial charge >= 0.3 is 0 Å². The van der Waals surface area contributed by atoms with E-state index >= 15 is 0 Å². The number of aliphatic hydroxyl groups is 1. The fraction of sp³-hybridized carbons (Fsp3) is 0.364. The van der Waals surface area contributed by atoms with Gasteiger partial charge in [-0.3, -0.25) is 4.79 Å². The number of carbonyl (C=O) groups excluding carboxylic acids is 1. The topological polar surface area (TPSA) is 66.8 Å². The first-order valence-electron chi connectivity index (χ1n) is 4.54. The first-order chi connectivity index (χ1) is 7.02. The minimum Gasteiger partial charge on any atom is -0.507 e. The van der Waals surface area contributed by atoms with Gasteiger partial charge in [-0.05, 0) is 25.5 Å². The summed E-state index contributed by atoms with van der Waals surface area (Å²) >= 11 is 0. The number of ether oxygens (including phenoxy) is 1. The normalized spacial score (nSPS) is 10.1. The maximum Gasteiger partial charge on any atom is 0.163 e. The molecule has 0 radical (unpaired) electrons.